The Kier molecular flexibility index (Phi) is 3.44. The minimum absolute atomic E-state index is 0.0515. The van der Waals surface area contributed by atoms with Crippen molar-refractivity contribution in [1.29, 1.82) is 0 Å². The molecule has 1 heterocycles. The van der Waals surface area contributed by atoms with Gasteiger partial charge in [0.2, 0.25) is 0 Å². The van der Waals surface area contributed by atoms with E-state index in [0.29, 0.717) is 5.75 Å². The van der Waals surface area contributed by atoms with Crippen molar-refractivity contribution in [2.24, 2.45) is 0 Å². The quantitative estimate of drug-likeness (QED) is 0.619. The summed E-state index contributed by atoms with van der Waals surface area (Å²) in [5, 5.41) is 0. The zero-order valence-electron chi connectivity index (χ0n) is 13.3. The molecule has 0 fully saturated rings. The van der Waals surface area contributed by atoms with Gasteiger partial charge in [-0.3, -0.25) is 4.79 Å². The van der Waals surface area contributed by atoms with Crippen LogP contribution in [0, 0.1) is 0 Å². The van der Waals surface area contributed by atoms with Gasteiger partial charge >= 0.3 is 5.97 Å². The van der Waals surface area contributed by atoms with Gasteiger partial charge in [0, 0.05) is 5.56 Å². The third kappa shape index (κ3) is 2.37. The molecule has 0 amide bonds. The highest BCUT2D eigenvalue weighted by atomic mass is 16.5. The number of ether oxygens (including phenoxy) is 2. The minimum atomic E-state index is -0.365. The van der Waals surface area contributed by atoms with Crippen molar-refractivity contribution in [3.05, 3.63) is 59.2 Å². The molecule has 2 aromatic carbocycles. The van der Waals surface area contributed by atoms with Crippen molar-refractivity contribution in [1.82, 2.24) is 0 Å². The van der Waals surface area contributed by atoms with Gasteiger partial charge in [-0.15, -0.1) is 0 Å². The van der Waals surface area contributed by atoms with Crippen LogP contribution in [-0.4, -0.2) is 13.1 Å². The molecule has 22 heavy (non-hydrogen) atoms. The van der Waals surface area contributed by atoms with E-state index < -0.39 is 0 Å². The molecule has 0 N–H and O–H groups in total. The van der Waals surface area contributed by atoms with E-state index in [1.54, 1.807) is 7.11 Å². The normalized spacial score (nSPS) is 17.1. The summed E-state index contributed by atoms with van der Waals surface area (Å²) in [7, 11) is 1.63. The van der Waals surface area contributed by atoms with Gasteiger partial charge in [-0.25, -0.2) is 0 Å². The summed E-state index contributed by atoms with van der Waals surface area (Å²) in [4.78, 5) is 12.4. The lowest BCUT2D eigenvalue weighted by atomic mass is 9.78. The first-order valence-corrected chi connectivity index (χ1v) is 7.41. The summed E-state index contributed by atoms with van der Waals surface area (Å²) in [5.74, 6) is 0.880. The fourth-order valence-corrected chi connectivity index (χ4v) is 2.97. The Bertz CT molecular complexity index is 708. The minimum Gasteiger partial charge on any atom is -0.497 e. The van der Waals surface area contributed by atoms with Crippen molar-refractivity contribution < 1.29 is 14.3 Å². The lowest BCUT2D eigenvalue weighted by Gasteiger charge is -2.23. The Morgan fingerprint density at radius 2 is 1.73 bits per heavy atom. The van der Waals surface area contributed by atoms with E-state index in [1.807, 2.05) is 36.4 Å². The van der Waals surface area contributed by atoms with Crippen LogP contribution >= 0.6 is 0 Å². The number of benzene rings is 2. The van der Waals surface area contributed by atoms with Crippen LogP contribution in [0.5, 0.6) is 11.5 Å². The smallest absolute Gasteiger partial charge is 0.323 e. The second-order valence-electron chi connectivity index (χ2n) is 6.59. The monoisotopic (exact) mass is 296 g/mol. The predicted molar refractivity (Wildman–Crippen MR) is 85.6 cm³/mol. The summed E-state index contributed by atoms with van der Waals surface area (Å²) in [5.41, 5.74) is 3.02. The molecule has 0 saturated carbocycles. The fourth-order valence-electron chi connectivity index (χ4n) is 2.97. The van der Waals surface area contributed by atoms with E-state index >= 15 is 0 Å². The van der Waals surface area contributed by atoms with Crippen LogP contribution in [0.3, 0.4) is 0 Å². The van der Waals surface area contributed by atoms with Gasteiger partial charge in [0.1, 0.15) is 17.4 Å². The SMILES string of the molecule is COc1ccc(C2C(=O)Oc3cccc(C(C)(C)C)c32)cc1. The summed E-state index contributed by atoms with van der Waals surface area (Å²) in [6.45, 7) is 6.45. The van der Waals surface area contributed by atoms with Gasteiger partial charge in [0.05, 0.1) is 7.11 Å². The predicted octanol–water partition coefficient (Wildman–Crippen LogP) is 4.04. The van der Waals surface area contributed by atoms with Crippen molar-refractivity contribution in [2.45, 2.75) is 32.1 Å². The van der Waals surface area contributed by atoms with E-state index in [2.05, 4.69) is 26.8 Å². The number of esters is 1. The molecule has 1 unspecified atom stereocenters. The molecule has 1 atom stereocenters. The summed E-state index contributed by atoms with van der Waals surface area (Å²) >= 11 is 0. The molecule has 114 valence electrons. The van der Waals surface area contributed by atoms with Gasteiger partial charge in [0.15, 0.2) is 0 Å². The second-order valence-corrected chi connectivity index (χ2v) is 6.59. The lowest BCUT2D eigenvalue weighted by molar-refractivity contribution is -0.133. The van der Waals surface area contributed by atoms with Crippen molar-refractivity contribution in [2.75, 3.05) is 7.11 Å². The molecule has 0 spiro atoms. The highest BCUT2D eigenvalue weighted by Gasteiger charge is 2.38. The maximum Gasteiger partial charge on any atom is 0.323 e. The van der Waals surface area contributed by atoms with Crippen molar-refractivity contribution in [3.8, 4) is 11.5 Å². The van der Waals surface area contributed by atoms with Gasteiger partial charge < -0.3 is 9.47 Å². The van der Waals surface area contributed by atoms with Crippen LogP contribution in [0.15, 0.2) is 42.5 Å². The molecule has 0 bridgehead atoms. The molecule has 1 aliphatic heterocycles. The summed E-state index contributed by atoms with van der Waals surface area (Å²) < 4.78 is 10.7. The average molecular weight is 296 g/mol. The third-order valence-electron chi connectivity index (χ3n) is 4.06. The molecular formula is C19H20O3. The number of hydrogen-bond acceptors (Lipinski definition) is 3. The van der Waals surface area contributed by atoms with Gasteiger partial charge in [0.25, 0.3) is 0 Å². The molecule has 0 aliphatic carbocycles. The average Bonchev–Trinajstić information content (AvgIpc) is 2.82. The first-order chi connectivity index (χ1) is 10.4. The zero-order valence-corrected chi connectivity index (χ0v) is 13.3. The lowest BCUT2D eigenvalue weighted by Crippen LogP contribution is -2.17. The molecule has 2 aromatic rings. The topological polar surface area (TPSA) is 35.5 Å². The van der Waals surface area contributed by atoms with Crippen LogP contribution in [0.2, 0.25) is 0 Å². The molecule has 0 radical (unpaired) electrons. The highest BCUT2D eigenvalue weighted by Crippen LogP contribution is 2.44. The first-order valence-electron chi connectivity index (χ1n) is 7.41. The maximum absolute atomic E-state index is 12.4. The van der Waals surface area contributed by atoms with E-state index in [0.717, 1.165) is 22.4 Å². The summed E-state index contributed by atoms with van der Waals surface area (Å²) in [6.07, 6.45) is 0. The third-order valence-corrected chi connectivity index (χ3v) is 4.06. The van der Waals surface area contributed by atoms with Crippen molar-refractivity contribution in [3.63, 3.8) is 0 Å². The Morgan fingerprint density at radius 1 is 1.05 bits per heavy atom. The van der Waals surface area contributed by atoms with E-state index in [1.165, 1.54) is 0 Å². The second kappa shape index (κ2) is 5.16. The molecule has 3 rings (SSSR count). The Hall–Kier alpha value is -2.29. The standard InChI is InChI=1S/C19H20O3/c1-19(2,3)14-6-5-7-15-17(14)16(18(20)22-15)12-8-10-13(21-4)11-9-12/h5-11,16H,1-4H3. The number of hydrogen-bond donors (Lipinski definition) is 0. The van der Waals surface area contributed by atoms with Crippen LogP contribution < -0.4 is 9.47 Å². The number of carbonyl (C=O) groups excluding carboxylic acids is 1. The fraction of sp³-hybridized carbons (Fsp3) is 0.316. The van der Waals surface area contributed by atoms with E-state index in [4.69, 9.17) is 9.47 Å². The van der Waals surface area contributed by atoms with Crippen LogP contribution in [-0.2, 0) is 10.2 Å². The van der Waals surface area contributed by atoms with Crippen molar-refractivity contribution >= 4 is 5.97 Å². The Morgan fingerprint density at radius 3 is 2.32 bits per heavy atom. The number of rotatable bonds is 2. The maximum atomic E-state index is 12.4. The number of fused-ring (bicyclic) bond motifs is 1. The van der Waals surface area contributed by atoms with Crippen LogP contribution in [0.4, 0.5) is 0 Å². The van der Waals surface area contributed by atoms with Gasteiger partial charge in [-0.2, -0.15) is 0 Å². The highest BCUT2D eigenvalue weighted by molar-refractivity contribution is 5.90. The number of methoxy groups -OCH3 is 1. The molecule has 3 nitrogen and oxygen atoms in total. The molecule has 0 aromatic heterocycles. The Balaban J connectivity index is 2.14. The van der Waals surface area contributed by atoms with Gasteiger partial charge in [-0.05, 0) is 34.7 Å². The zero-order chi connectivity index (χ0) is 15.9. The van der Waals surface area contributed by atoms with E-state index in [-0.39, 0.29) is 17.3 Å². The summed E-state index contributed by atoms with van der Waals surface area (Å²) in [6, 6.07) is 13.5. The molecular weight excluding hydrogens is 276 g/mol. The van der Waals surface area contributed by atoms with E-state index in [9.17, 15) is 4.79 Å². The Labute approximate surface area is 130 Å². The molecule has 3 heteroatoms. The van der Waals surface area contributed by atoms with Crippen LogP contribution in [0.1, 0.15) is 43.4 Å². The first kappa shape index (κ1) is 14.6. The van der Waals surface area contributed by atoms with Gasteiger partial charge in [-0.1, -0.05) is 45.0 Å². The molecule has 0 saturated heterocycles. The largest absolute Gasteiger partial charge is 0.497 e. The van der Waals surface area contributed by atoms with Crippen LogP contribution in [0.25, 0.3) is 0 Å². The number of carbonyl (C=O) groups is 1. The molecule has 1 aliphatic rings.